The molecule has 1 fully saturated rings. The summed E-state index contributed by atoms with van der Waals surface area (Å²) >= 11 is 6.15. The number of sulfonamides is 1. The molecule has 2 aromatic rings. The zero-order valence-corrected chi connectivity index (χ0v) is 17.4. The van der Waals surface area contributed by atoms with E-state index in [4.69, 9.17) is 16.7 Å². The van der Waals surface area contributed by atoms with Crippen LogP contribution in [0.3, 0.4) is 0 Å². The molecule has 0 spiro atoms. The molecule has 0 heterocycles. The largest absolute Gasteiger partial charge is 0.357 e. The Kier molecular flexibility index (Phi) is 6.27. The number of nitrogens with zero attached hydrogens (tertiary/aromatic N) is 1. The van der Waals surface area contributed by atoms with Crippen molar-refractivity contribution in [2.75, 3.05) is 13.1 Å². The Hall–Kier alpha value is -2.09. The van der Waals surface area contributed by atoms with Crippen molar-refractivity contribution in [1.82, 2.24) is 10.6 Å². The maximum absolute atomic E-state index is 11.5. The first-order valence-corrected chi connectivity index (χ1v) is 11.1. The van der Waals surface area contributed by atoms with Gasteiger partial charge in [-0.25, -0.2) is 18.5 Å². The summed E-state index contributed by atoms with van der Waals surface area (Å²) in [5, 5.41) is 12.6. The van der Waals surface area contributed by atoms with Crippen LogP contribution in [0.15, 0.2) is 58.4 Å². The molecule has 0 bridgehead atoms. The van der Waals surface area contributed by atoms with Gasteiger partial charge in [-0.3, -0.25) is 0 Å². The molecular weight excluding hydrogens is 396 g/mol. The normalized spacial score (nSPS) is 15.9. The third-order valence-corrected chi connectivity index (χ3v) is 6.02. The second-order valence-electron chi connectivity index (χ2n) is 7.03. The van der Waals surface area contributed by atoms with Gasteiger partial charge in [0.2, 0.25) is 10.0 Å². The minimum Gasteiger partial charge on any atom is -0.357 e. The van der Waals surface area contributed by atoms with Gasteiger partial charge in [0.25, 0.3) is 0 Å². The number of nitrogens with two attached hydrogens (primary N) is 1. The standard InChI is InChI=1S/C20H25ClN4O2S/c1-2-23-19(24-13-15-5-3-8-18(11-15)28(22,26)27)25-14-20(9-10-20)16-6-4-7-17(21)12-16/h3-8,11-12H,2,9-10,13-14H2,1H3,(H2,22,26,27)(H2,23,24,25). The lowest BCUT2D eigenvalue weighted by molar-refractivity contribution is 0.597. The molecule has 0 unspecified atom stereocenters. The Morgan fingerprint density at radius 3 is 2.57 bits per heavy atom. The van der Waals surface area contributed by atoms with Gasteiger partial charge in [-0.15, -0.1) is 0 Å². The van der Waals surface area contributed by atoms with E-state index in [1.807, 2.05) is 31.2 Å². The van der Waals surface area contributed by atoms with Crippen LogP contribution in [-0.4, -0.2) is 27.5 Å². The highest BCUT2D eigenvalue weighted by Gasteiger charge is 2.44. The molecule has 0 saturated heterocycles. The highest BCUT2D eigenvalue weighted by molar-refractivity contribution is 7.89. The quantitative estimate of drug-likeness (QED) is 0.474. The number of benzene rings is 2. The molecule has 4 N–H and O–H groups in total. The Labute approximate surface area is 171 Å². The predicted octanol–water partition coefficient (Wildman–Crippen LogP) is 2.77. The smallest absolute Gasteiger partial charge is 0.238 e. The van der Waals surface area contributed by atoms with E-state index >= 15 is 0 Å². The van der Waals surface area contributed by atoms with Crippen LogP contribution >= 0.6 is 11.6 Å². The summed E-state index contributed by atoms with van der Waals surface area (Å²) in [5.74, 6) is 0.691. The summed E-state index contributed by atoms with van der Waals surface area (Å²) in [7, 11) is -3.72. The van der Waals surface area contributed by atoms with Crippen molar-refractivity contribution < 1.29 is 8.42 Å². The maximum Gasteiger partial charge on any atom is 0.238 e. The number of nitrogens with one attached hydrogen (secondary N) is 2. The highest BCUT2D eigenvalue weighted by atomic mass is 35.5. The van der Waals surface area contributed by atoms with Crippen LogP contribution < -0.4 is 15.8 Å². The lowest BCUT2D eigenvalue weighted by Crippen LogP contribution is -2.41. The van der Waals surface area contributed by atoms with Crippen LogP contribution in [0.5, 0.6) is 0 Å². The number of primary sulfonamides is 1. The van der Waals surface area contributed by atoms with E-state index in [0.29, 0.717) is 12.5 Å². The Balaban J connectivity index is 1.68. The monoisotopic (exact) mass is 420 g/mol. The highest BCUT2D eigenvalue weighted by Crippen LogP contribution is 2.48. The van der Waals surface area contributed by atoms with Crippen LogP contribution in [0.1, 0.15) is 30.9 Å². The third kappa shape index (κ3) is 5.25. The summed E-state index contributed by atoms with van der Waals surface area (Å²) in [6.07, 6.45) is 2.21. The second-order valence-corrected chi connectivity index (χ2v) is 9.03. The lowest BCUT2D eigenvalue weighted by atomic mass is 9.96. The molecule has 0 aromatic heterocycles. The van der Waals surface area contributed by atoms with E-state index in [0.717, 1.165) is 36.5 Å². The summed E-state index contributed by atoms with van der Waals surface area (Å²) < 4.78 is 23.0. The molecule has 0 radical (unpaired) electrons. The number of aliphatic imine (C=N–C) groups is 1. The zero-order chi connectivity index (χ0) is 20.2. The van der Waals surface area contributed by atoms with Crippen molar-refractivity contribution in [2.45, 2.75) is 36.6 Å². The summed E-state index contributed by atoms with van der Waals surface area (Å²) in [5.41, 5.74) is 2.11. The van der Waals surface area contributed by atoms with E-state index in [2.05, 4.69) is 21.7 Å². The number of halogens is 1. The van der Waals surface area contributed by atoms with Gasteiger partial charge >= 0.3 is 0 Å². The van der Waals surface area contributed by atoms with Crippen LogP contribution in [0.2, 0.25) is 5.02 Å². The zero-order valence-electron chi connectivity index (χ0n) is 15.8. The van der Waals surface area contributed by atoms with Crippen molar-refractivity contribution >= 4 is 27.6 Å². The fraction of sp³-hybridized carbons (Fsp3) is 0.350. The predicted molar refractivity (Wildman–Crippen MR) is 113 cm³/mol. The van der Waals surface area contributed by atoms with Gasteiger partial charge in [0.15, 0.2) is 5.96 Å². The summed E-state index contributed by atoms with van der Waals surface area (Å²) in [4.78, 5) is 4.68. The van der Waals surface area contributed by atoms with Crippen molar-refractivity contribution in [3.05, 3.63) is 64.7 Å². The Bertz CT molecular complexity index is 972. The third-order valence-electron chi connectivity index (χ3n) is 4.88. The van der Waals surface area contributed by atoms with E-state index in [-0.39, 0.29) is 10.3 Å². The first-order chi connectivity index (χ1) is 13.3. The SMILES string of the molecule is CCNC(=NCc1cccc(S(N)(=O)=O)c1)NCC1(c2cccc(Cl)c2)CC1. The molecule has 0 aliphatic heterocycles. The van der Waals surface area contributed by atoms with Gasteiger partial charge in [0, 0.05) is 23.5 Å². The van der Waals surface area contributed by atoms with Gasteiger partial charge < -0.3 is 10.6 Å². The van der Waals surface area contributed by atoms with Gasteiger partial charge in [0.1, 0.15) is 0 Å². The molecule has 150 valence electrons. The van der Waals surface area contributed by atoms with E-state index in [9.17, 15) is 8.42 Å². The van der Waals surface area contributed by atoms with Gasteiger partial charge in [-0.2, -0.15) is 0 Å². The minimum absolute atomic E-state index is 0.0919. The first kappa shape index (κ1) is 20.6. The molecule has 0 amide bonds. The molecule has 1 aliphatic carbocycles. The van der Waals surface area contributed by atoms with Gasteiger partial charge in [0.05, 0.1) is 11.4 Å². The molecule has 6 nitrogen and oxygen atoms in total. The average molecular weight is 421 g/mol. The van der Waals surface area contributed by atoms with Crippen molar-refractivity contribution in [1.29, 1.82) is 0 Å². The average Bonchev–Trinajstić information content (AvgIpc) is 3.45. The minimum atomic E-state index is -3.72. The van der Waals surface area contributed by atoms with Crippen LogP contribution in [0, 0.1) is 0 Å². The van der Waals surface area contributed by atoms with Crippen molar-refractivity contribution in [2.24, 2.45) is 10.1 Å². The van der Waals surface area contributed by atoms with E-state index < -0.39 is 10.0 Å². The summed E-state index contributed by atoms with van der Waals surface area (Å²) in [6, 6.07) is 14.5. The molecular formula is C20H25ClN4O2S. The molecule has 1 aliphatic rings. The maximum atomic E-state index is 11.5. The number of hydrogen-bond donors (Lipinski definition) is 3. The van der Waals surface area contributed by atoms with Crippen LogP contribution in [-0.2, 0) is 22.0 Å². The van der Waals surface area contributed by atoms with Crippen LogP contribution in [0.25, 0.3) is 0 Å². The lowest BCUT2D eigenvalue weighted by Gasteiger charge is -2.19. The van der Waals surface area contributed by atoms with Crippen molar-refractivity contribution in [3.63, 3.8) is 0 Å². The van der Waals surface area contributed by atoms with Crippen LogP contribution in [0.4, 0.5) is 0 Å². The van der Waals surface area contributed by atoms with Gasteiger partial charge in [-0.05, 0) is 55.2 Å². The molecule has 3 rings (SSSR count). The molecule has 1 saturated carbocycles. The van der Waals surface area contributed by atoms with Gasteiger partial charge in [-0.1, -0.05) is 35.9 Å². The number of guanidine groups is 1. The van der Waals surface area contributed by atoms with E-state index in [1.165, 1.54) is 11.6 Å². The topological polar surface area (TPSA) is 96.6 Å². The Morgan fingerprint density at radius 2 is 1.93 bits per heavy atom. The number of rotatable bonds is 7. The Morgan fingerprint density at radius 1 is 1.18 bits per heavy atom. The molecule has 0 atom stereocenters. The molecule has 8 heteroatoms. The molecule has 2 aromatic carbocycles. The van der Waals surface area contributed by atoms with Crippen molar-refractivity contribution in [3.8, 4) is 0 Å². The summed E-state index contributed by atoms with van der Waals surface area (Å²) in [6.45, 7) is 3.84. The molecule has 28 heavy (non-hydrogen) atoms. The fourth-order valence-corrected chi connectivity index (χ4v) is 3.90. The fourth-order valence-electron chi connectivity index (χ4n) is 3.12. The number of hydrogen-bond acceptors (Lipinski definition) is 3. The first-order valence-electron chi connectivity index (χ1n) is 9.22. The van der Waals surface area contributed by atoms with E-state index in [1.54, 1.807) is 12.1 Å². The second kappa shape index (κ2) is 8.51.